The van der Waals surface area contributed by atoms with E-state index in [0.29, 0.717) is 35.6 Å². The number of allylic oxidation sites excluding steroid dienone is 2. The topological polar surface area (TPSA) is 51.1 Å². The van der Waals surface area contributed by atoms with Crippen LogP contribution in [0.4, 0.5) is 4.79 Å². The molecule has 2 aromatic carbocycles. The van der Waals surface area contributed by atoms with Crippen molar-refractivity contribution >= 4 is 31.0 Å². The van der Waals surface area contributed by atoms with E-state index in [4.69, 9.17) is 14.3 Å². The van der Waals surface area contributed by atoms with Gasteiger partial charge in [-0.1, -0.05) is 140 Å². The van der Waals surface area contributed by atoms with Gasteiger partial charge in [0.05, 0.1) is 6.54 Å². The molecule has 2 aromatic rings. The summed E-state index contributed by atoms with van der Waals surface area (Å²) in [6.45, 7) is 29.3. The summed E-state index contributed by atoms with van der Waals surface area (Å²) in [6.07, 6.45) is 14.3. The van der Waals surface area contributed by atoms with Crippen molar-refractivity contribution in [2.75, 3.05) is 6.54 Å². The van der Waals surface area contributed by atoms with Crippen molar-refractivity contribution < 1.29 is 14.0 Å². The second-order valence-electron chi connectivity index (χ2n) is 20.6. The van der Waals surface area contributed by atoms with E-state index in [1.807, 2.05) is 27.0 Å². The molecule has 3 fully saturated rings. The average Bonchev–Trinajstić information content (AvgIpc) is 3.49. The molecular weight excluding hydrogens is 693 g/mol. The van der Waals surface area contributed by atoms with E-state index >= 15 is 0 Å². The van der Waals surface area contributed by atoms with Gasteiger partial charge in [-0.05, 0) is 134 Å². The van der Waals surface area contributed by atoms with Gasteiger partial charge in [-0.2, -0.15) is 10.1 Å². The number of nitrogens with zero attached hydrogens (tertiary/aromatic N) is 2. The molecular formula is C49H72N2O3Si. The Kier molecular flexibility index (Phi) is 11.9. The number of hydrogen-bond donors (Lipinski definition) is 0. The van der Waals surface area contributed by atoms with Gasteiger partial charge in [0.1, 0.15) is 5.60 Å². The molecule has 5 nitrogen and oxygen atoms in total. The largest absolute Gasteiger partial charge is 0.442 e. The summed E-state index contributed by atoms with van der Waals surface area (Å²) in [5.41, 5.74) is 2.71. The lowest BCUT2D eigenvalue weighted by molar-refractivity contribution is -0.0368. The van der Waals surface area contributed by atoms with Crippen LogP contribution in [0.2, 0.25) is 5.04 Å². The molecule has 3 saturated carbocycles. The Balaban J connectivity index is 1.20. The van der Waals surface area contributed by atoms with Gasteiger partial charge in [-0.25, -0.2) is 4.79 Å². The zero-order chi connectivity index (χ0) is 40.0. The highest BCUT2D eigenvalue weighted by Gasteiger charge is 2.59. The predicted octanol–water partition coefficient (Wildman–Crippen LogP) is 11.6. The van der Waals surface area contributed by atoms with E-state index < -0.39 is 20.0 Å². The molecule has 6 rings (SSSR count). The average molecular weight is 765 g/mol. The van der Waals surface area contributed by atoms with Crippen LogP contribution in [-0.2, 0) is 9.16 Å². The molecule has 8 atom stereocenters. The summed E-state index contributed by atoms with van der Waals surface area (Å²) in [4.78, 5) is 13.2. The lowest BCUT2D eigenvalue weighted by Crippen LogP contribution is -2.68. The first-order valence-corrected chi connectivity index (χ1v) is 23.4. The van der Waals surface area contributed by atoms with Crippen LogP contribution >= 0.6 is 0 Å². The highest BCUT2D eigenvalue weighted by molar-refractivity contribution is 6.99. The maximum absolute atomic E-state index is 13.2. The monoisotopic (exact) mass is 765 g/mol. The van der Waals surface area contributed by atoms with Crippen LogP contribution in [0.3, 0.4) is 0 Å². The zero-order valence-corrected chi connectivity index (χ0v) is 37.2. The summed E-state index contributed by atoms with van der Waals surface area (Å²) >= 11 is 0. The lowest BCUT2D eigenvalue weighted by Gasteiger charge is -2.58. The van der Waals surface area contributed by atoms with Crippen molar-refractivity contribution in [1.29, 1.82) is 0 Å². The number of amides is 1. The highest BCUT2D eigenvalue weighted by atomic mass is 28.4. The van der Waals surface area contributed by atoms with Crippen molar-refractivity contribution in [1.82, 2.24) is 5.01 Å². The Morgan fingerprint density at radius 2 is 1.47 bits per heavy atom. The quantitative estimate of drug-likeness (QED) is 0.105. The van der Waals surface area contributed by atoms with Gasteiger partial charge >= 0.3 is 6.09 Å². The van der Waals surface area contributed by atoms with Crippen LogP contribution < -0.4 is 10.4 Å². The molecule has 0 bridgehead atoms. The number of rotatable bonds is 10. The van der Waals surface area contributed by atoms with Gasteiger partial charge in [0.25, 0.3) is 8.32 Å². The van der Waals surface area contributed by atoms with Crippen LogP contribution in [0.1, 0.15) is 128 Å². The van der Waals surface area contributed by atoms with Crippen LogP contribution in [-0.4, -0.2) is 43.9 Å². The van der Waals surface area contributed by atoms with Gasteiger partial charge < -0.3 is 9.16 Å². The molecule has 0 N–H and O–H groups in total. The third kappa shape index (κ3) is 8.11. The SMILES string of the molecule is C=C(CN(/N=C/[C@@H](C)[C@H]1CC[C@H]2C3=CC[C@H]4C[C@@H](O[Si](c5ccccc5)(c5ccccc5)C(C)(C)C)CC[C@]4(C)[C@H]3CC[C@]12C)C(=O)OC(C)(C)C)C(C)C. The Bertz CT molecular complexity index is 1680. The van der Waals surface area contributed by atoms with E-state index in [1.54, 1.807) is 5.57 Å². The molecule has 0 spiro atoms. The van der Waals surface area contributed by atoms with Crippen molar-refractivity contribution in [3.05, 3.63) is 84.5 Å². The third-order valence-corrected chi connectivity index (χ3v) is 19.8. The first-order valence-electron chi connectivity index (χ1n) is 21.5. The second-order valence-corrected chi connectivity index (χ2v) is 24.9. The minimum Gasteiger partial charge on any atom is -0.442 e. The fourth-order valence-electron chi connectivity index (χ4n) is 11.6. The number of hydrazone groups is 1. The Morgan fingerprint density at radius 1 is 0.891 bits per heavy atom. The smallest absolute Gasteiger partial charge is 0.431 e. The lowest BCUT2D eigenvalue weighted by atomic mass is 9.47. The van der Waals surface area contributed by atoms with Crippen molar-refractivity contribution in [2.45, 2.75) is 144 Å². The Hall–Kier alpha value is -2.96. The summed E-state index contributed by atoms with van der Waals surface area (Å²) in [5, 5.41) is 9.07. The van der Waals surface area contributed by atoms with E-state index in [1.165, 1.54) is 53.9 Å². The number of fused-ring (bicyclic) bond motifs is 5. The standard InChI is InChI=1S/C49H72N2O3Si/c1-34(2)36(4)33-51(45(52)53-46(5,6)7)50-32-35(3)42-25-26-43-41-24-23-37-31-38(27-29-48(37,11)44(41)28-30-49(42,43)12)54-55(47(8,9)10,39-19-15-13-16-20-39)40-21-17-14-18-22-40/h13-22,24,32,34-35,37-38,42-44H,4,23,25-31,33H2,1-3,5-12H3/b50-32+/t35-,37+,38+,42-,43+,44+,48+,49-/m1/s1. The summed E-state index contributed by atoms with van der Waals surface area (Å²) in [6, 6.07) is 22.4. The maximum Gasteiger partial charge on any atom is 0.431 e. The third-order valence-electron chi connectivity index (χ3n) is 14.7. The summed E-state index contributed by atoms with van der Waals surface area (Å²) < 4.78 is 13.5. The van der Waals surface area contributed by atoms with E-state index in [2.05, 4.69) is 129 Å². The van der Waals surface area contributed by atoms with Gasteiger partial charge in [0.2, 0.25) is 0 Å². The summed E-state index contributed by atoms with van der Waals surface area (Å²) in [7, 11) is -2.60. The Labute approximate surface area is 335 Å². The highest BCUT2D eigenvalue weighted by Crippen LogP contribution is 2.67. The number of hydrogen-bond acceptors (Lipinski definition) is 4. The van der Waals surface area contributed by atoms with Crippen molar-refractivity contribution in [3.63, 3.8) is 0 Å². The van der Waals surface area contributed by atoms with Crippen molar-refractivity contribution in [2.24, 2.45) is 51.4 Å². The first-order chi connectivity index (χ1) is 25.8. The molecule has 300 valence electrons. The summed E-state index contributed by atoms with van der Waals surface area (Å²) in [5.74, 6) is 2.97. The van der Waals surface area contributed by atoms with Crippen LogP contribution in [0.25, 0.3) is 0 Å². The molecule has 0 saturated heterocycles. The van der Waals surface area contributed by atoms with Gasteiger partial charge in [-0.15, -0.1) is 0 Å². The molecule has 0 heterocycles. The first kappa shape index (κ1) is 41.7. The minimum absolute atomic E-state index is 0.0124. The molecule has 0 radical (unpaired) electrons. The van der Waals surface area contributed by atoms with Gasteiger partial charge in [0.15, 0.2) is 0 Å². The number of carbonyl (C=O) groups excluding carboxylic acids is 1. The fourth-order valence-corrected chi connectivity index (χ4v) is 16.3. The molecule has 0 aromatic heterocycles. The van der Waals surface area contributed by atoms with Crippen LogP contribution in [0.15, 0.2) is 89.6 Å². The molecule has 4 aliphatic rings. The molecule has 1 amide bonds. The van der Waals surface area contributed by atoms with E-state index in [9.17, 15) is 4.79 Å². The number of ether oxygens (including phenoxy) is 1. The molecule has 4 aliphatic carbocycles. The van der Waals surface area contributed by atoms with Gasteiger partial charge in [-0.3, -0.25) is 0 Å². The fraction of sp³-hybridized carbons (Fsp3) is 0.633. The maximum atomic E-state index is 13.2. The normalized spacial score (nSPS) is 30.3. The number of carbonyl (C=O) groups is 1. The van der Waals surface area contributed by atoms with Gasteiger partial charge in [0, 0.05) is 12.3 Å². The van der Waals surface area contributed by atoms with E-state index in [-0.39, 0.29) is 28.4 Å². The molecule has 0 aliphatic heterocycles. The number of benzene rings is 2. The van der Waals surface area contributed by atoms with Crippen LogP contribution in [0, 0.1) is 46.3 Å². The predicted molar refractivity (Wildman–Crippen MR) is 232 cm³/mol. The zero-order valence-electron chi connectivity index (χ0n) is 36.2. The van der Waals surface area contributed by atoms with E-state index in [0.717, 1.165) is 18.4 Å². The minimum atomic E-state index is -2.60. The molecule has 0 unspecified atom stereocenters. The molecule has 6 heteroatoms. The Morgan fingerprint density at radius 3 is 2.04 bits per heavy atom. The second kappa shape index (κ2) is 15.8. The van der Waals surface area contributed by atoms with Crippen LogP contribution in [0.5, 0.6) is 0 Å². The van der Waals surface area contributed by atoms with Crippen molar-refractivity contribution in [3.8, 4) is 0 Å². The molecule has 55 heavy (non-hydrogen) atoms.